The number of pyridine rings is 1. The predicted octanol–water partition coefficient (Wildman–Crippen LogP) is 3.02. The fourth-order valence-corrected chi connectivity index (χ4v) is 3.30. The number of aromatic nitrogens is 1. The van der Waals surface area contributed by atoms with Gasteiger partial charge >= 0.3 is 0 Å². The van der Waals surface area contributed by atoms with E-state index in [9.17, 15) is 0 Å². The van der Waals surface area contributed by atoms with E-state index >= 15 is 0 Å². The van der Waals surface area contributed by atoms with Crippen molar-refractivity contribution in [1.29, 1.82) is 0 Å². The molecule has 0 radical (unpaired) electrons. The van der Waals surface area contributed by atoms with Crippen LogP contribution in [0.3, 0.4) is 0 Å². The molecule has 5 rings (SSSR count). The van der Waals surface area contributed by atoms with Gasteiger partial charge in [0.2, 0.25) is 0 Å². The number of para-hydroxylation sites is 1. The minimum atomic E-state index is 0.952. The first-order chi connectivity index (χ1) is 10.4. The third-order valence-electron chi connectivity index (χ3n) is 4.31. The molecule has 1 aliphatic heterocycles. The van der Waals surface area contributed by atoms with Crippen LogP contribution in [0.15, 0.2) is 59.7 Å². The van der Waals surface area contributed by atoms with Crippen LogP contribution in [-0.4, -0.2) is 4.98 Å². The lowest BCUT2D eigenvalue weighted by Gasteiger charge is -2.13. The summed E-state index contributed by atoms with van der Waals surface area (Å²) in [7, 11) is 0. The monoisotopic (exact) mass is 268 g/mol. The zero-order valence-corrected chi connectivity index (χ0v) is 11.4. The summed E-state index contributed by atoms with van der Waals surface area (Å²) >= 11 is 0. The molecule has 2 nitrogen and oxygen atoms in total. The molecule has 0 N–H and O–H groups in total. The van der Waals surface area contributed by atoms with Crippen molar-refractivity contribution in [3.05, 3.63) is 70.9 Å². The van der Waals surface area contributed by atoms with Crippen LogP contribution in [0.2, 0.25) is 0 Å². The molecular formula is C19H12N2. The summed E-state index contributed by atoms with van der Waals surface area (Å²) in [6, 6.07) is 16.8. The highest BCUT2D eigenvalue weighted by atomic mass is 14.8. The fourth-order valence-electron chi connectivity index (χ4n) is 3.30. The Morgan fingerprint density at radius 1 is 0.810 bits per heavy atom. The molecule has 1 aromatic heterocycles. The average Bonchev–Trinajstić information content (AvgIpc) is 2.93. The second-order valence-corrected chi connectivity index (χ2v) is 5.48. The van der Waals surface area contributed by atoms with Crippen molar-refractivity contribution in [3.63, 3.8) is 0 Å². The van der Waals surface area contributed by atoms with Gasteiger partial charge in [0.1, 0.15) is 0 Å². The molecule has 21 heavy (non-hydrogen) atoms. The zero-order valence-electron chi connectivity index (χ0n) is 11.4. The number of rotatable bonds is 0. The van der Waals surface area contributed by atoms with Crippen LogP contribution in [0.4, 0.5) is 5.69 Å². The van der Waals surface area contributed by atoms with Gasteiger partial charge in [-0.1, -0.05) is 48.5 Å². The second-order valence-electron chi connectivity index (χ2n) is 5.48. The maximum Gasteiger partial charge on any atom is 0.0822 e. The van der Waals surface area contributed by atoms with E-state index in [2.05, 4.69) is 48.5 Å². The van der Waals surface area contributed by atoms with E-state index in [0.717, 1.165) is 28.7 Å². The Labute approximate surface area is 122 Å². The molecule has 0 spiro atoms. The number of benzene rings is 2. The van der Waals surface area contributed by atoms with Gasteiger partial charge in [0.25, 0.3) is 0 Å². The van der Waals surface area contributed by atoms with E-state index in [0.29, 0.717) is 0 Å². The van der Waals surface area contributed by atoms with Crippen molar-refractivity contribution < 1.29 is 0 Å². The van der Waals surface area contributed by atoms with Gasteiger partial charge < -0.3 is 0 Å². The summed E-state index contributed by atoms with van der Waals surface area (Å²) in [5.41, 5.74) is 7.04. The van der Waals surface area contributed by atoms with Crippen LogP contribution in [0.5, 0.6) is 0 Å². The standard InChI is InChI=1S/C19H12N2/c1-2-6-13-12(5-1)9-10-15-18(13)20-11-16-14-7-3-4-8-17(14)21-19(15)16/h1-8,10-11H,9H2. The molecule has 2 aliphatic rings. The topological polar surface area (TPSA) is 25.2 Å². The molecule has 0 atom stereocenters. The molecule has 98 valence electrons. The van der Waals surface area contributed by atoms with Crippen LogP contribution in [0, 0.1) is 0 Å². The Morgan fingerprint density at radius 3 is 2.57 bits per heavy atom. The number of hydrogen-bond acceptors (Lipinski definition) is 2. The molecule has 0 saturated carbocycles. The van der Waals surface area contributed by atoms with Crippen molar-refractivity contribution in [1.82, 2.24) is 4.98 Å². The number of nitrogens with zero attached hydrogens (tertiary/aromatic N) is 2. The largest absolute Gasteiger partial charge is 0.255 e. The minimum absolute atomic E-state index is 0.952. The van der Waals surface area contributed by atoms with Gasteiger partial charge in [-0.15, -0.1) is 0 Å². The number of hydrogen-bond donors (Lipinski definition) is 0. The SMILES string of the molecule is C1=c2c(ncc3c2=Nc2ccccc2-3)-c2ccccc2C1. The molecule has 0 fully saturated rings. The highest BCUT2D eigenvalue weighted by molar-refractivity contribution is 5.81. The first kappa shape index (κ1) is 11.0. The Bertz CT molecular complexity index is 1020. The van der Waals surface area contributed by atoms with E-state index in [-0.39, 0.29) is 0 Å². The molecule has 0 saturated heterocycles. The van der Waals surface area contributed by atoms with Crippen LogP contribution in [0.1, 0.15) is 5.56 Å². The molecule has 0 bridgehead atoms. The first-order valence-electron chi connectivity index (χ1n) is 7.17. The van der Waals surface area contributed by atoms with E-state index in [1.165, 1.54) is 21.9 Å². The lowest BCUT2D eigenvalue weighted by Crippen LogP contribution is -2.31. The summed E-state index contributed by atoms with van der Waals surface area (Å²) < 4.78 is 0. The van der Waals surface area contributed by atoms with Crippen molar-refractivity contribution in [3.8, 4) is 22.4 Å². The molecule has 3 aromatic rings. The maximum absolute atomic E-state index is 4.83. The normalized spacial score (nSPS) is 13.3. The molecule has 1 aliphatic carbocycles. The zero-order chi connectivity index (χ0) is 13.8. The average molecular weight is 268 g/mol. The van der Waals surface area contributed by atoms with Gasteiger partial charge in [0, 0.05) is 28.1 Å². The van der Waals surface area contributed by atoms with E-state index in [1.807, 2.05) is 12.3 Å². The summed E-state index contributed by atoms with van der Waals surface area (Å²) in [5.74, 6) is 0. The van der Waals surface area contributed by atoms with Crippen molar-refractivity contribution in [2.24, 2.45) is 4.99 Å². The Balaban J connectivity index is 1.89. The summed E-state index contributed by atoms with van der Waals surface area (Å²) in [6.45, 7) is 0. The lowest BCUT2D eigenvalue weighted by molar-refractivity contribution is 1.18. The molecule has 0 unspecified atom stereocenters. The lowest BCUT2D eigenvalue weighted by atomic mass is 9.94. The Hall–Kier alpha value is -2.74. The van der Waals surface area contributed by atoms with Crippen LogP contribution in [-0.2, 0) is 6.42 Å². The van der Waals surface area contributed by atoms with Gasteiger partial charge in [0.15, 0.2) is 0 Å². The van der Waals surface area contributed by atoms with Gasteiger partial charge in [-0.05, 0) is 18.1 Å². The Morgan fingerprint density at radius 2 is 1.62 bits per heavy atom. The highest BCUT2D eigenvalue weighted by Gasteiger charge is 2.19. The molecule has 2 heteroatoms. The molecule has 0 amide bonds. The summed E-state index contributed by atoms with van der Waals surface area (Å²) in [5, 5.41) is 2.26. The van der Waals surface area contributed by atoms with Gasteiger partial charge in [-0.3, -0.25) is 4.98 Å². The molecule has 2 heterocycles. The third kappa shape index (κ3) is 1.42. The van der Waals surface area contributed by atoms with E-state index in [4.69, 9.17) is 9.98 Å². The van der Waals surface area contributed by atoms with Crippen LogP contribution in [0.25, 0.3) is 28.5 Å². The van der Waals surface area contributed by atoms with Crippen LogP contribution >= 0.6 is 0 Å². The first-order valence-corrected chi connectivity index (χ1v) is 7.17. The number of fused-ring (bicyclic) bond motifs is 7. The van der Waals surface area contributed by atoms with Crippen LogP contribution < -0.4 is 10.6 Å². The third-order valence-corrected chi connectivity index (χ3v) is 4.31. The van der Waals surface area contributed by atoms with Crippen molar-refractivity contribution >= 4 is 11.8 Å². The second kappa shape index (κ2) is 3.89. The van der Waals surface area contributed by atoms with E-state index in [1.54, 1.807) is 0 Å². The van der Waals surface area contributed by atoms with Gasteiger partial charge in [0.05, 0.1) is 16.7 Å². The quantitative estimate of drug-likeness (QED) is 0.481. The summed E-state index contributed by atoms with van der Waals surface area (Å²) in [6.07, 6.45) is 5.19. The van der Waals surface area contributed by atoms with Crippen molar-refractivity contribution in [2.75, 3.05) is 0 Å². The fraction of sp³-hybridized carbons (Fsp3) is 0.0526. The Kier molecular flexibility index (Phi) is 2.03. The highest BCUT2D eigenvalue weighted by Crippen LogP contribution is 2.32. The molecular weight excluding hydrogens is 256 g/mol. The maximum atomic E-state index is 4.83. The van der Waals surface area contributed by atoms with Gasteiger partial charge in [-0.2, -0.15) is 0 Å². The van der Waals surface area contributed by atoms with Crippen molar-refractivity contribution in [2.45, 2.75) is 6.42 Å². The van der Waals surface area contributed by atoms with Gasteiger partial charge in [-0.25, -0.2) is 4.99 Å². The predicted molar refractivity (Wildman–Crippen MR) is 83.7 cm³/mol. The smallest absolute Gasteiger partial charge is 0.0822 e. The van der Waals surface area contributed by atoms with E-state index < -0.39 is 0 Å². The minimum Gasteiger partial charge on any atom is -0.255 e. The molecule has 2 aromatic carbocycles. The summed E-state index contributed by atoms with van der Waals surface area (Å²) in [4.78, 5) is 9.57.